The predicted molar refractivity (Wildman–Crippen MR) is 86.5 cm³/mol. The maximum absolute atomic E-state index is 11.3. The first-order chi connectivity index (χ1) is 10.5. The van der Waals surface area contributed by atoms with Crippen molar-refractivity contribution in [2.45, 2.75) is 26.3 Å². The third-order valence-electron chi connectivity index (χ3n) is 2.74. The Hall–Kier alpha value is -1.47. The first-order valence-corrected chi connectivity index (χ1v) is 7.45. The predicted octanol–water partition coefficient (Wildman–Crippen LogP) is -0.0115. The summed E-state index contributed by atoms with van der Waals surface area (Å²) in [6.07, 6.45) is 0.527. The Morgan fingerprint density at radius 1 is 1.23 bits per heavy atom. The van der Waals surface area contributed by atoms with Crippen LogP contribution in [0.1, 0.15) is 18.1 Å². The van der Waals surface area contributed by atoms with Gasteiger partial charge in [0.25, 0.3) is 0 Å². The molecule has 0 aliphatic heterocycles. The van der Waals surface area contributed by atoms with Gasteiger partial charge in [-0.2, -0.15) is 0 Å². The van der Waals surface area contributed by atoms with Crippen molar-refractivity contribution in [2.24, 2.45) is 5.73 Å². The summed E-state index contributed by atoms with van der Waals surface area (Å²) in [6.45, 7) is 5.59. The van der Waals surface area contributed by atoms with Crippen LogP contribution in [0.2, 0.25) is 0 Å². The fourth-order valence-electron chi connectivity index (χ4n) is 1.59. The van der Waals surface area contributed by atoms with E-state index >= 15 is 0 Å². The van der Waals surface area contributed by atoms with E-state index in [1.807, 2.05) is 31.2 Å². The van der Waals surface area contributed by atoms with Crippen molar-refractivity contribution in [2.75, 3.05) is 32.9 Å². The lowest BCUT2D eigenvalue weighted by Gasteiger charge is -2.10. The van der Waals surface area contributed by atoms with Crippen molar-refractivity contribution in [3.05, 3.63) is 35.4 Å². The number of nitrogens with two attached hydrogens (primary N) is 1. The molecule has 0 heterocycles. The van der Waals surface area contributed by atoms with Gasteiger partial charge in [-0.15, -0.1) is 0 Å². The van der Waals surface area contributed by atoms with Crippen molar-refractivity contribution in [1.29, 1.82) is 0 Å². The summed E-state index contributed by atoms with van der Waals surface area (Å²) >= 11 is 0. The molecule has 0 aromatic heterocycles. The Morgan fingerprint density at radius 3 is 2.23 bits per heavy atom. The molecule has 22 heavy (non-hydrogen) atoms. The monoisotopic (exact) mass is 312 g/mol. The Bertz CT molecular complexity index is 392. The lowest BCUT2D eigenvalue weighted by molar-refractivity contribution is -0.144. The summed E-state index contributed by atoms with van der Waals surface area (Å²) in [5.41, 5.74) is 7.95. The zero-order chi connectivity index (χ0) is 16.8. The van der Waals surface area contributed by atoms with Crippen LogP contribution in [0.25, 0.3) is 0 Å². The molecule has 126 valence electrons. The Labute approximate surface area is 132 Å². The second-order valence-corrected chi connectivity index (χ2v) is 4.75. The van der Waals surface area contributed by atoms with Gasteiger partial charge in [0.05, 0.1) is 19.8 Å². The van der Waals surface area contributed by atoms with Gasteiger partial charge in [0.1, 0.15) is 6.04 Å². The molecule has 6 heteroatoms. The summed E-state index contributed by atoms with van der Waals surface area (Å²) < 4.78 is 4.84. The van der Waals surface area contributed by atoms with E-state index in [0.29, 0.717) is 26.1 Å². The summed E-state index contributed by atoms with van der Waals surface area (Å²) in [5.74, 6) is -0.335. The van der Waals surface area contributed by atoms with E-state index in [-0.39, 0.29) is 19.2 Å². The molecule has 0 amide bonds. The van der Waals surface area contributed by atoms with E-state index in [1.165, 1.54) is 5.56 Å². The lowest BCUT2D eigenvalue weighted by Crippen LogP contribution is -2.34. The van der Waals surface area contributed by atoms with E-state index in [9.17, 15) is 4.79 Å². The van der Waals surface area contributed by atoms with Gasteiger partial charge in [-0.1, -0.05) is 29.8 Å². The number of ether oxygens (including phenoxy) is 1. The first kappa shape index (κ1) is 20.5. The molecular formula is C16H28N2O4. The van der Waals surface area contributed by atoms with Crippen molar-refractivity contribution in [3.8, 4) is 0 Å². The van der Waals surface area contributed by atoms with E-state index in [4.69, 9.17) is 20.7 Å². The highest BCUT2D eigenvalue weighted by atomic mass is 16.5. The van der Waals surface area contributed by atoms with E-state index in [1.54, 1.807) is 6.92 Å². The van der Waals surface area contributed by atoms with Crippen molar-refractivity contribution >= 4 is 5.97 Å². The minimum atomic E-state index is -0.562. The second kappa shape index (κ2) is 13.2. The second-order valence-electron chi connectivity index (χ2n) is 4.75. The van der Waals surface area contributed by atoms with Gasteiger partial charge in [-0.25, -0.2) is 0 Å². The number of rotatable bonds is 8. The third-order valence-corrected chi connectivity index (χ3v) is 2.74. The molecule has 1 rings (SSSR count). The minimum absolute atomic E-state index is 0.139. The number of aliphatic hydroxyl groups excluding tert-OH is 2. The van der Waals surface area contributed by atoms with Crippen LogP contribution in [-0.4, -0.2) is 55.1 Å². The summed E-state index contributed by atoms with van der Waals surface area (Å²) in [4.78, 5) is 11.3. The van der Waals surface area contributed by atoms with Crippen LogP contribution in [-0.2, 0) is 16.0 Å². The molecule has 1 unspecified atom stereocenters. The van der Waals surface area contributed by atoms with Gasteiger partial charge in [0.15, 0.2) is 0 Å². The maximum Gasteiger partial charge on any atom is 0.323 e. The van der Waals surface area contributed by atoms with E-state index in [2.05, 4.69) is 5.32 Å². The molecule has 5 N–H and O–H groups in total. The topological polar surface area (TPSA) is 105 Å². The standard InChI is InChI=1S/C12H17NO2.C4H11NO2/c1-3-15-12(14)11(13)8-10-6-4-9(2)5-7-10;6-3-1-5-2-4-7/h4-7,11H,3,8,13H2,1-2H3;5-7H,1-4H2. The van der Waals surface area contributed by atoms with Crippen molar-refractivity contribution < 1.29 is 19.7 Å². The minimum Gasteiger partial charge on any atom is -0.465 e. The van der Waals surface area contributed by atoms with Crippen LogP contribution in [0, 0.1) is 6.92 Å². The molecule has 0 fully saturated rings. The highest BCUT2D eigenvalue weighted by Crippen LogP contribution is 2.05. The first-order valence-electron chi connectivity index (χ1n) is 7.45. The molecule has 1 aromatic rings. The summed E-state index contributed by atoms with van der Waals surface area (Å²) in [7, 11) is 0. The number of esters is 1. The average molecular weight is 312 g/mol. The van der Waals surface area contributed by atoms with Crippen LogP contribution < -0.4 is 11.1 Å². The number of aryl methyl sites for hydroxylation is 1. The average Bonchev–Trinajstić information content (AvgIpc) is 2.51. The quantitative estimate of drug-likeness (QED) is 0.397. The maximum atomic E-state index is 11.3. The summed E-state index contributed by atoms with van der Waals surface area (Å²) in [6, 6.07) is 7.41. The number of hydrogen-bond acceptors (Lipinski definition) is 6. The van der Waals surface area contributed by atoms with E-state index < -0.39 is 6.04 Å². The smallest absolute Gasteiger partial charge is 0.323 e. The highest BCUT2D eigenvalue weighted by molar-refractivity contribution is 5.75. The fourth-order valence-corrected chi connectivity index (χ4v) is 1.59. The molecule has 0 spiro atoms. The Kier molecular flexibility index (Phi) is 12.3. The summed E-state index contributed by atoms with van der Waals surface area (Å²) in [5, 5.41) is 19.1. The zero-order valence-corrected chi connectivity index (χ0v) is 13.4. The third kappa shape index (κ3) is 10.3. The normalized spacial score (nSPS) is 11.3. The Morgan fingerprint density at radius 2 is 1.77 bits per heavy atom. The number of carbonyl (C=O) groups excluding carboxylic acids is 1. The van der Waals surface area contributed by atoms with Gasteiger partial charge in [-0.3, -0.25) is 4.79 Å². The van der Waals surface area contributed by atoms with Gasteiger partial charge in [0, 0.05) is 13.1 Å². The number of aliphatic hydroxyl groups is 2. The fraction of sp³-hybridized carbons (Fsp3) is 0.562. The van der Waals surface area contributed by atoms with Crippen LogP contribution >= 0.6 is 0 Å². The molecule has 0 aliphatic rings. The number of benzene rings is 1. The van der Waals surface area contributed by atoms with Crippen molar-refractivity contribution in [3.63, 3.8) is 0 Å². The zero-order valence-electron chi connectivity index (χ0n) is 13.4. The molecule has 0 saturated carbocycles. The molecule has 0 radical (unpaired) electrons. The highest BCUT2D eigenvalue weighted by Gasteiger charge is 2.14. The molecule has 1 aromatic carbocycles. The molecule has 0 aliphatic carbocycles. The van der Waals surface area contributed by atoms with Crippen LogP contribution in [0.3, 0.4) is 0 Å². The molecule has 1 atom stereocenters. The van der Waals surface area contributed by atoms with Crippen LogP contribution in [0.5, 0.6) is 0 Å². The number of carbonyl (C=O) groups is 1. The Balaban J connectivity index is 0.000000534. The largest absolute Gasteiger partial charge is 0.465 e. The number of nitrogens with one attached hydrogen (secondary N) is 1. The molecule has 6 nitrogen and oxygen atoms in total. The molecular weight excluding hydrogens is 284 g/mol. The molecule has 0 bridgehead atoms. The van der Waals surface area contributed by atoms with E-state index in [0.717, 1.165) is 5.56 Å². The van der Waals surface area contributed by atoms with Gasteiger partial charge < -0.3 is 26.0 Å². The van der Waals surface area contributed by atoms with Gasteiger partial charge in [0.2, 0.25) is 0 Å². The van der Waals surface area contributed by atoms with Crippen LogP contribution in [0.4, 0.5) is 0 Å². The lowest BCUT2D eigenvalue weighted by atomic mass is 10.1. The van der Waals surface area contributed by atoms with Crippen LogP contribution in [0.15, 0.2) is 24.3 Å². The SMILES string of the molecule is CCOC(=O)C(N)Cc1ccc(C)cc1.OCCNCCO. The van der Waals surface area contributed by atoms with Crippen molar-refractivity contribution in [1.82, 2.24) is 5.32 Å². The van der Waals surface area contributed by atoms with Gasteiger partial charge >= 0.3 is 5.97 Å². The number of hydrogen-bond donors (Lipinski definition) is 4. The van der Waals surface area contributed by atoms with Gasteiger partial charge in [-0.05, 0) is 25.8 Å². The molecule has 0 saturated heterocycles.